The minimum Gasteiger partial charge on any atom is -0.368 e. The predicted molar refractivity (Wildman–Crippen MR) is 73.1 cm³/mol. The number of primary amides is 1. The fourth-order valence-corrected chi connectivity index (χ4v) is 1.79. The molecule has 0 aliphatic rings. The molecule has 12 heteroatoms. The van der Waals surface area contributed by atoms with Crippen molar-refractivity contribution < 1.29 is 36.3 Å². The summed E-state index contributed by atoms with van der Waals surface area (Å²) in [6, 6.07) is -1.76. The van der Waals surface area contributed by atoms with Gasteiger partial charge in [-0.1, -0.05) is 0 Å². The van der Waals surface area contributed by atoms with Gasteiger partial charge in [-0.25, -0.2) is 22.0 Å². The van der Waals surface area contributed by atoms with E-state index in [1.165, 1.54) is 0 Å². The first kappa shape index (κ1) is 20.3. The van der Waals surface area contributed by atoms with Crippen LogP contribution in [0.3, 0.4) is 0 Å². The number of rotatable bonds is 7. The summed E-state index contributed by atoms with van der Waals surface area (Å²) in [4.78, 5) is 33.8. The highest BCUT2D eigenvalue weighted by atomic mass is 19.2. The SMILES string of the molecule is NCC(=O)N[C@@H](Cc1c(F)c(F)c(F)c(F)c1F)C(=O)NCC(N)=O. The van der Waals surface area contributed by atoms with Gasteiger partial charge in [0.1, 0.15) is 6.04 Å². The number of halogens is 5. The summed E-state index contributed by atoms with van der Waals surface area (Å²) in [6.45, 7) is -1.29. The molecule has 1 aromatic carbocycles. The van der Waals surface area contributed by atoms with Crippen LogP contribution in [-0.4, -0.2) is 36.9 Å². The van der Waals surface area contributed by atoms with Crippen molar-refractivity contribution in [3.05, 3.63) is 34.6 Å². The van der Waals surface area contributed by atoms with Crippen molar-refractivity contribution in [1.82, 2.24) is 10.6 Å². The molecule has 0 radical (unpaired) electrons. The number of benzene rings is 1. The molecule has 1 aromatic rings. The van der Waals surface area contributed by atoms with E-state index in [9.17, 15) is 36.3 Å². The van der Waals surface area contributed by atoms with Gasteiger partial charge in [-0.15, -0.1) is 0 Å². The summed E-state index contributed by atoms with van der Waals surface area (Å²) in [6.07, 6.45) is -1.08. The zero-order valence-electron chi connectivity index (χ0n) is 12.5. The van der Waals surface area contributed by atoms with Crippen molar-refractivity contribution in [3.63, 3.8) is 0 Å². The van der Waals surface area contributed by atoms with Gasteiger partial charge >= 0.3 is 0 Å². The topological polar surface area (TPSA) is 127 Å². The highest BCUT2D eigenvalue weighted by Gasteiger charge is 2.30. The number of nitrogens with one attached hydrogen (secondary N) is 2. The van der Waals surface area contributed by atoms with E-state index in [1.807, 2.05) is 10.6 Å². The maximum atomic E-state index is 13.7. The standard InChI is InChI=1S/C13H13F5N4O3/c14-8-4(9(15)11(17)12(18)10(8)16)1-5(22-7(24)2-19)13(25)21-3-6(20)23/h5H,1-3,19H2,(H2,20,23)(H,21,25)(H,22,24)/t5-/m0/s1. The molecule has 0 aliphatic heterocycles. The van der Waals surface area contributed by atoms with Crippen molar-refractivity contribution in [2.75, 3.05) is 13.1 Å². The van der Waals surface area contributed by atoms with Gasteiger partial charge in [0.05, 0.1) is 13.1 Å². The van der Waals surface area contributed by atoms with Crippen molar-refractivity contribution in [3.8, 4) is 0 Å². The summed E-state index contributed by atoms with van der Waals surface area (Å²) in [5.41, 5.74) is 8.52. The molecule has 0 aromatic heterocycles. The van der Waals surface area contributed by atoms with E-state index in [0.717, 1.165) is 0 Å². The Hall–Kier alpha value is -2.76. The number of hydrogen-bond donors (Lipinski definition) is 4. The first-order valence-corrected chi connectivity index (χ1v) is 6.65. The first-order valence-electron chi connectivity index (χ1n) is 6.65. The van der Waals surface area contributed by atoms with Crippen LogP contribution in [0, 0.1) is 29.1 Å². The second kappa shape index (κ2) is 8.37. The zero-order valence-corrected chi connectivity index (χ0v) is 12.5. The van der Waals surface area contributed by atoms with Crippen LogP contribution >= 0.6 is 0 Å². The van der Waals surface area contributed by atoms with Gasteiger partial charge in [-0.2, -0.15) is 0 Å². The molecule has 0 saturated heterocycles. The van der Waals surface area contributed by atoms with E-state index < -0.39 is 77.9 Å². The fourth-order valence-electron chi connectivity index (χ4n) is 1.79. The van der Waals surface area contributed by atoms with Gasteiger partial charge in [-0.3, -0.25) is 14.4 Å². The number of carbonyl (C=O) groups excluding carboxylic acids is 3. The van der Waals surface area contributed by atoms with Crippen LogP contribution in [-0.2, 0) is 20.8 Å². The highest BCUT2D eigenvalue weighted by Crippen LogP contribution is 2.24. The molecular weight excluding hydrogens is 355 g/mol. The van der Waals surface area contributed by atoms with E-state index in [4.69, 9.17) is 11.5 Å². The molecular formula is C13H13F5N4O3. The second-order valence-corrected chi connectivity index (χ2v) is 4.76. The van der Waals surface area contributed by atoms with E-state index in [1.54, 1.807) is 0 Å². The Morgan fingerprint density at radius 2 is 1.40 bits per heavy atom. The predicted octanol–water partition coefficient (Wildman–Crippen LogP) is -1.03. The summed E-state index contributed by atoms with van der Waals surface area (Å²) in [5, 5.41) is 3.88. The molecule has 0 aliphatic carbocycles. The van der Waals surface area contributed by atoms with Gasteiger partial charge in [-0.05, 0) is 0 Å². The van der Waals surface area contributed by atoms with E-state index in [-0.39, 0.29) is 0 Å². The average Bonchev–Trinajstić information content (AvgIpc) is 2.58. The molecule has 0 saturated carbocycles. The zero-order chi connectivity index (χ0) is 19.3. The maximum absolute atomic E-state index is 13.7. The third-order valence-electron chi connectivity index (χ3n) is 2.98. The van der Waals surface area contributed by atoms with Crippen molar-refractivity contribution in [2.24, 2.45) is 11.5 Å². The molecule has 3 amide bonds. The Labute approximate surface area is 137 Å². The Balaban J connectivity index is 3.19. The fraction of sp³-hybridized carbons (Fsp3) is 0.308. The van der Waals surface area contributed by atoms with Gasteiger partial charge in [0.2, 0.25) is 23.5 Å². The molecule has 0 fully saturated rings. The van der Waals surface area contributed by atoms with Gasteiger partial charge in [0, 0.05) is 12.0 Å². The summed E-state index contributed by atoms with van der Waals surface area (Å²) in [5.74, 6) is -14.1. The minimum atomic E-state index is -2.36. The third kappa shape index (κ3) is 4.86. The lowest BCUT2D eigenvalue weighted by atomic mass is 10.0. The minimum absolute atomic E-state index is 0.614. The number of hydrogen-bond acceptors (Lipinski definition) is 4. The maximum Gasteiger partial charge on any atom is 0.243 e. The van der Waals surface area contributed by atoms with E-state index in [0.29, 0.717) is 0 Å². The number of nitrogens with two attached hydrogens (primary N) is 2. The van der Waals surface area contributed by atoms with Crippen LogP contribution in [0.5, 0.6) is 0 Å². The smallest absolute Gasteiger partial charge is 0.243 e. The molecule has 0 heterocycles. The molecule has 0 spiro atoms. The van der Waals surface area contributed by atoms with Crippen LogP contribution in [0.15, 0.2) is 0 Å². The average molecular weight is 368 g/mol. The van der Waals surface area contributed by atoms with Crippen molar-refractivity contribution >= 4 is 17.7 Å². The Kier molecular flexibility index (Phi) is 6.79. The number of amides is 3. The summed E-state index contributed by atoms with van der Waals surface area (Å²) in [7, 11) is 0. The second-order valence-electron chi connectivity index (χ2n) is 4.76. The largest absolute Gasteiger partial charge is 0.368 e. The Morgan fingerprint density at radius 3 is 1.84 bits per heavy atom. The lowest BCUT2D eigenvalue weighted by molar-refractivity contribution is -0.129. The van der Waals surface area contributed by atoms with Gasteiger partial charge in [0.25, 0.3) is 0 Å². The lowest BCUT2D eigenvalue weighted by Gasteiger charge is -2.19. The van der Waals surface area contributed by atoms with Crippen LogP contribution in [0.25, 0.3) is 0 Å². The molecule has 7 nitrogen and oxygen atoms in total. The van der Waals surface area contributed by atoms with Gasteiger partial charge < -0.3 is 22.1 Å². The Bertz CT molecular complexity index is 684. The molecule has 138 valence electrons. The van der Waals surface area contributed by atoms with E-state index in [2.05, 4.69) is 0 Å². The third-order valence-corrected chi connectivity index (χ3v) is 2.98. The molecule has 0 bridgehead atoms. The summed E-state index contributed by atoms with van der Waals surface area (Å²) < 4.78 is 66.8. The van der Waals surface area contributed by atoms with Crippen LogP contribution in [0.2, 0.25) is 0 Å². The molecule has 1 rings (SSSR count). The van der Waals surface area contributed by atoms with Crippen LogP contribution in [0.1, 0.15) is 5.56 Å². The normalized spacial score (nSPS) is 11.8. The summed E-state index contributed by atoms with van der Waals surface area (Å²) >= 11 is 0. The molecule has 25 heavy (non-hydrogen) atoms. The first-order chi connectivity index (χ1) is 11.6. The van der Waals surface area contributed by atoms with Crippen molar-refractivity contribution in [1.29, 1.82) is 0 Å². The quantitative estimate of drug-likeness (QED) is 0.279. The molecule has 0 unspecified atom stereocenters. The Morgan fingerprint density at radius 1 is 0.920 bits per heavy atom. The molecule has 6 N–H and O–H groups in total. The number of carbonyl (C=O) groups is 3. The van der Waals surface area contributed by atoms with Crippen molar-refractivity contribution in [2.45, 2.75) is 12.5 Å². The van der Waals surface area contributed by atoms with Crippen LogP contribution in [0.4, 0.5) is 22.0 Å². The lowest BCUT2D eigenvalue weighted by Crippen LogP contribution is -2.51. The van der Waals surface area contributed by atoms with E-state index >= 15 is 0 Å². The monoisotopic (exact) mass is 368 g/mol. The highest BCUT2D eigenvalue weighted by molar-refractivity contribution is 5.90. The van der Waals surface area contributed by atoms with Gasteiger partial charge in [0.15, 0.2) is 23.3 Å². The molecule has 1 atom stereocenters. The van der Waals surface area contributed by atoms with Crippen LogP contribution < -0.4 is 22.1 Å².